The van der Waals surface area contributed by atoms with E-state index in [4.69, 9.17) is 11.5 Å². The molecule has 0 atom stereocenters. The average Bonchev–Trinajstić information content (AvgIpc) is 2.21. The Morgan fingerprint density at radius 2 is 1.27 bits per heavy atom. The van der Waals surface area contributed by atoms with Crippen LogP contribution in [0.3, 0.4) is 0 Å². The lowest BCUT2D eigenvalue weighted by Gasteiger charge is -2.03. The molecule has 0 spiro atoms. The lowest BCUT2D eigenvalue weighted by Crippen LogP contribution is -2.10. The summed E-state index contributed by atoms with van der Waals surface area (Å²) in [6, 6.07) is 0. The van der Waals surface area contributed by atoms with Gasteiger partial charge in [0.2, 0.25) is 0 Å². The van der Waals surface area contributed by atoms with Crippen LogP contribution in [0.2, 0.25) is 0 Å². The van der Waals surface area contributed by atoms with Gasteiger partial charge in [-0.15, -0.1) is 0 Å². The maximum atomic E-state index is 5.49. The predicted octanol–water partition coefficient (Wildman–Crippen LogP) is 3.67. The average molecular weight is 212 g/mol. The highest BCUT2D eigenvalue weighted by molar-refractivity contribution is 5.03. The van der Waals surface area contributed by atoms with Crippen molar-refractivity contribution >= 4 is 0 Å². The molecule has 0 aromatic carbocycles. The van der Waals surface area contributed by atoms with Gasteiger partial charge in [-0.05, 0) is 25.3 Å². The molecule has 0 unspecified atom stereocenters. The Labute approximate surface area is 95.1 Å². The maximum absolute atomic E-state index is 5.49. The minimum Gasteiger partial charge on any atom is -0.386 e. The molecule has 15 heavy (non-hydrogen) atoms. The highest BCUT2D eigenvalue weighted by atomic mass is 14.8. The van der Waals surface area contributed by atoms with Crippen LogP contribution in [0.4, 0.5) is 0 Å². The molecule has 90 valence electrons. The van der Waals surface area contributed by atoms with Crippen molar-refractivity contribution in [2.24, 2.45) is 11.5 Å². The van der Waals surface area contributed by atoms with E-state index in [-0.39, 0.29) is 0 Å². The quantitative estimate of drug-likeness (QED) is 0.573. The van der Waals surface area contributed by atoms with E-state index in [1.165, 1.54) is 51.4 Å². The van der Waals surface area contributed by atoms with Gasteiger partial charge in [-0.2, -0.15) is 0 Å². The molecule has 0 amide bonds. The van der Waals surface area contributed by atoms with E-state index in [1.807, 2.05) is 6.92 Å². The Bertz CT molecular complexity index is 169. The molecule has 0 aliphatic rings. The highest BCUT2D eigenvalue weighted by Gasteiger charge is 1.95. The van der Waals surface area contributed by atoms with E-state index < -0.39 is 0 Å². The zero-order chi connectivity index (χ0) is 11.5. The summed E-state index contributed by atoms with van der Waals surface area (Å²) >= 11 is 0. The second-order valence-corrected chi connectivity index (χ2v) is 4.46. The van der Waals surface area contributed by atoms with Gasteiger partial charge >= 0.3 is 0 Å². The molecule has 0 radical (unpaired) electrons. The monoisotopic (exact) mass is 212 g/mol. The third-order valence-corrected chi connectivity index (χ3v) is 2.90. The zero-order valence-corrected chi connectivity index (χ0v) is 10.5. The zero-order valence-electron chi connectivity index (χ0n) is 10.5. The summed E-state index contributed by atoms with van der Waals surface area (Å²) in [6.45, 7) is 4.28. The molecular formula is C13H28N2. The largest absolute Gasteiger partial charge is 0.386 e. The van der Waals surface area contributed by atoms with E-state index >= 15 is 0 Å². The van der Waals surface area contributed by atoms with Crippen molar-refractivity contribution in [2.45, 2.75) is 71.6 Å². The first-order valence-electron chi connectivity index (χ1n) is 6.39. The Morgan fingerprint density at radius 1 is 0.800 bits per heavy atom. The fourth-order valence-corrected chi connectivity index (χ4v) is 1.67. The lowest BCUT2D eigenvalue weighted by molar-refractivity contribution is 0.574. The molecule has 2 heteroatoms. The summed E-state index contributed by atoms with van der Waals surface area (Å²) in [7, 11) is 0. The second-order valence-electron chi connectivity index (χ2n) is 4.46. The van der Waals surface area contributed by atoms with Crippen molar-refractivity contribution in [3.05, 3.63) is 11.4 Å². The van der Waals surface area contributed by atoms with E-state index in [2.05, 4.69) is 6.92 Å². The van der Waals surface area contributed by atoms with Crippen molar-refractivity contribution in [1.82, 2.24) is 0 Å². The Balaban J connectivity index is 3.15. The summed E-state index contributed by atoms with van der Waals surface area (Å²) in [4.78, 5) is 0. The highest BCUT2D eigenvalue weighted by Crippen LogP contribution is 2.12. The standard InChI is InChI=1S/C13H28N2/c1-3-4-5-6-7-8-9-10-11-12(2)13(14)15/h3-11,14-15H2,1-2H3. The molecular weight excluding hydrogens is 184 g/mol. The summed E-state index contributed by atoms with van der Waals surface area (Å²) in [6.07, 6.45) is 11.9. The lowest BCUT2D eigenvalue weighted by atomic mass is 10.1. The van der Waals surface area contributed by atoms with Crippen molar-refractivity contribution in [3.63, 3.8) is 0 Å². The van der Waals surface area contributed by atoms with Gasteiger partial charge in [-0.1, -0.05) is 51.9 Å². The smallest absolute Gasteiger partial charge is 0.0922 e. The minimum absolute atomic E-state index is 0.512. The molecule has 4 N–H and O–H groups in total. The first-order valence-corrected chi connectivity index (χ1v) is 6.39. The van der Waals surface area contributed by atoms with Crippen LogP contribution >= 0.6 is 0 Å². The Morgan fingerprint density at radius 3 is 1.73 bits per heavy atom. The Hall–Kier alpha value is -0.660. The van der Waals surface area contributed by atoms with Gasteiger partial charge in [0.15, 0.2) is 0 Å². The van der Waals surface area contributed by atoms with Crippen LogP contribution in [0.1, 0.15) is 71.6 Å². The fraction of sp³-hybridized carbons (Fsp3) is 0.846. The third-order valence-electron chi connectivity index (χ3n) is 2.90. The van der Waals surface area contributed by atoms with Crippen LogP contribution in [-0.2, 0) is 0 Å². The van der Waals surface area contributed by atoms with Crippen LogP contribution in [0, 0.1) is 0 Å². The van der Waals surface area contributed by atoms with Gasteiger partial charge in [-0.25, -0.2) is 0 Å². The summed E-state index contributed by atoms with van der Waals surface area (Å²) in [5.41, 5.74) is 12.1. The van der Waals surface area contributed by atoms with Crippen LogP contribution in [-0.4, -0.2) is 0 Å². The predicted molar refractivity (Wildman–Crippen MR) is 68.3 cm³/mol. The van der Waals surface area contributed by atoms with Crippen molar-refractivity contribution < 1.29 is 0 Å². The number of allylic oxidation sites excluding steroid dienone is 1. The van der Waals surface area contributed by atoms with Gasteiger partial charge in [0.1, 0.15) is 0 Å². The molecule has 0 saturated heterocycles. The molecule has 0 aromatic heterocycles. The number of nitrogens with two attached hydrogens (primary N) is 2. The molecule has 0 bridgehead atoms. The van der Waals surface area contributed by atoms with Gasteiger partial charge in [0.05, 0.1) is 5.82 Å². The van der Waals surface area contributed by atoms with Crippen molar-refractivity contribution in [2.75, 3.05) is 0 Å². The number of unbranched alkanes of at least 4 members (excludes halogenated alkanes) is 7. The summed E-state index contributed by atoms with van der Waals surface area (Å²) < 4.78 is 0. The first-order chi connectivity index (χ1) is 7.18. The molecule has 0 fully saturated rings. The van der Waals surface area contributed by atoms with Crippen LogP contribution < -0.4 is 11.5 Å². The van der Waals surface area contributed by atoms with Gasteiger partial charge in [-0.3, -0.25) is 0 Å². The summed E-state index contributed by atoms with van der Waals surface area (Å²) in [5, 5.41) is 0. The molecule has 2 nitrogen and oxygen atoms in total. The van der Waals surface area contributed by atoms with Gasteiger partial charge in [0, 0.05) is 0 Å². The van der Waals surface area contributed by atoms with Crippen molar-refractivity contribution in [3.8, 4) is 0 Å². The van der Waals surface area contributed by atoms with Crippen LogP contribution in [0.25, 0.3) is 0 Å². The van der Waals surface area contributed by atoms with Gasteiger partial charge in [0.25, 0.3) is 0 Å². The van der Waals surface area contributed by atoms with E-state index in [0.29, 0.717) is 5.82 Å². The molecule has 0 heterocycles. The molecule has 0 aromatic rings. The minimum atomic E-state index is 0.512. The molecule has 0 aliphatic heterocycles. The van der Waals surface area contributed by atoms with Crippen LogP contribution in [0.15, 0.2) is 11.4 Å². The Kier molecular flexibility index (Phi) is 9.44. The summed E-state index contributed by atoms with van der Waals surface area (Å²) in [5.74, 6) is 0.512. The first kappa shape index (κ1) is 14.3. The van der Waals surface area contributed by atoms with Crippen LogP contribution in [0.5, 0.6) is 0 Å². The van der Waals surface area contributed by atoms with E-state index in [0.717, 1.165) is 12.0 Å². The maximum Gasteiger partial charge on any atom is 0.0922 e. The molecule has 0 rings (SSSR count). The van der Waals surface area contributed by atoms with E-state index in [9.17, 15) is 0 Å². The number of hydrogen-bond donors (Lipinski definition) is 2. The topological polar surface area (TPSA) is 52.0 Å². The number of hydrogen-bond acceptors (Lipinski definition) is 2. The number of rotatable bonds is 9. The van der Waals surface area contributed by atoms with E-state index in [1.54, 1.807) is 0 Å². The fourth-order valence-electron chi connectivity index (χ4n) is 1.67. The SMILES string of the molecule is CCCCCCCCCCC(C)=C(N)N. The third kappa shape index (κ3) is 9.64. The molecule has 0 aliphatic carbocycles. The van der Waals surface area contributed by atoms with Crippen molar-refractivity contribution in [1.29, 1.82) is 0 Å². The second kappa shape index (κ2) is 9.88. The van der Waals surface area contributed by atoms with Gasteiger partial charge < -0.3 is 11.5 Å². The molecule has 0 saturated carbocycles. The normalized spacial score (nSPS) is 10.3.